The van der Waals surface area contributed by atoms with Crippen molar-refractivity contribution in [1.82, 2.24) is 15.1 Å². The van der Waals surface area contributed by atoms with E-state index in [4.69, 9.17) is 34.2 Å². The molecule has 6 fully saturated rings. The summed E-state index contributed by atoms with van der Waals surface area (Å²) in [5, 5.41) is 23.4. The van der Waals surface area contributed by atoms with Gasteiger partial charge in [-0.2, -0.15) is 0 Å². The van der Waals surface area contributed by atoms with Gasteiger partial charge < -0.3 is 59.5 Å². The standard InChI is InChI=1S/C21H30N2O5.C13H15NO3.C8H15NO3/c24-19-6-9-21(27-12-13-28-21)14-18(19)22-17-7-10-23(11-8-17)20(25)26-15-16-4-2-1-3-5-16;15-12-6-8-14(9-7-12)13(16)17-10-11-4-2-1-3-5-11;9-6-5-8(2-1-7(6)10)11-3-4-12-8/h1-5,17-19,22,24H,6-15H2;1-5H,6-10H2;6-7,10H,1-5,9H2/t18-,19-;;6-,7-/m1.1/s1. The van der Waals surface area contributed by atoms with E-state index in [1.165, 1.54) is 0 Å². The van der Waals surface area contributed by atoms with E-state index in [2.05, 4.69) is 5.32 Å². The number of carbonyl (C=O) groups is 3. The minimum absolute atomic E-state index is 0.0339. The summed E-state index contributed by atoms with van der Waals surface area (Å²) in [4.78, 5) is 38.4. The number of aliphatic hydroxyl groups is 2. The first-order valence-electron chi connectivity index (χ1n) is 20.5. The zero-order chi connectivity index (χ0) is 40.1. The largest absolute Gasteiger partial charge is 0.445 e. The van der Waals surface area contributed by atoms with Crippen molar-refractivity contribution >= 4 is 18.0 Å². The highest BCUT2D eigenvalue weighted by molar-refractivity contribution is 5.81. The zero-order valence-corrected chi connectivity index (χ0v) is 32.8. The number of ketones is 1. The number of benzene rings is 2. The Morgan fingerprint density at radius 3 is 1.63 bits per heavy atom. The maximum atomic E-state index is 12.3. The SMILES string of the molecule is N[C@@H]1CC2(CC[C@H]1O)OCCO2.O=C(OCc1ccccc1)N1CCC(N[C@@H]2CC3(CC[C@H]2O)OCCO3)CC1.O=C1CCN(C(=O)OCc2ccccc2)CC1. The van der Waals surface area contributed by atoms with Gasteiger partial charge in [0.25, 0.3) is 0 Å². The van der Waals surface area contributed by atoms with Crippen molar-refractivity contribution in [3.63, 3.8) is 0 Å². The number of carbonyl (C=O) groups excluding carboxylic acids is 3. The van der Waals surface area contributed by atoms with Gasteiger partial charge in [0, 0.05) is 82.8 Å². The highest BCUT2D eigenvalue weighted by Crippen LogP contribution is 2.37. The van der Waals surface area contributed by atoms with Gasteiger partial charge in [-0.15, -0.1) is 0 Å². The summed E-state index contributed by atoms with van der Waals surface area (Å²) in [5.41, 5.74) is 7.68. The topological polar surface area (TPSA) is 192 Å². The van der Waals surface area contributed by atoms with E-state index < -0.39 is 11.6 Å². The van der Waals surface area contributed by atoms with Crippen molar-refractivity contribution in [2.45, 2.75) is 119 Å². The van der Waals surface area contributed by atoms with Gasteiger partial charge in [-0.05, 0) is 36.8 Å². The Kier molecular flexibility index (Phi) is 15.7. The molecule has 2 amide bonds. The van der Waals surface area contributed by atoms with Gasteiger partial charge in [0.05, 0.1) is 38.6 Å². The first-order chi connectivity index (χ1) is 27.6. The molecule has 4 aliphatic heterocycles. The summed E-state index contributed by atoms with van der Waals surface area (Å²) in [7, 11) is 0. The lowest BCUT2D eigenvalue weighted by atomic mass is 9.86. The maximum absolute atomic E-state index is 12.3. The van der Waals surface area contributed by atoms with E-state index in [1.54, 1.807) is 9.80 Å². The Morgan fingerprint density at radius 2 is 1.14 bits per heavy atom. The van der Waals surface area contributed by atoms with Crippen LogP contribution in [-0.4, -0.2) is 132 Å². The van der Waals surface area contributed by atoms with Gasteiger partial charge in [-0.3, -0.25) is 4.79 Å². The summed E-state index contributed by atoms with van der Waals surface area (Å²) in [6.07, 6.45) is 5.40. The molecule has 57 heavy (non-hydrogen) atoms. The monoisotopic (exact) mass is 796 g/mol. The van der Waals surface area contributed by atoms with Gasteiger partial charge in [-0.25, -0.2) is 9.59 Å². The Balaban J connectivity index is 0.000000160. The molecule has 5 N–H and O–H groups in total. The molecule has 4 atom stereocenters. The predicted molar refractivity (Wildman–Crippen MR) is 208 cm³/mol. The number of hydrogen-bond donors (Lipinski definition) is 4. The third-order valence-corrected chi connectivity index (χ3v) is 11.5. The molecule has 8 rings (SSSR count). The quantitative estimate of drug-likeness (QED) is 0.332. The Hall–Kier alpha value is -3.67. The molecule has 4 heterocycles. The fourth-order valence-corrected chi connectivity index (χ4v) is 8.10. The highest BCUT2D eigenvalue weighted by atomic mass is 16.7. The lowest BCUT2D eigenvalue weighted by Crippen LogP contribution is -2.56. The van der Waals surface area contributed by atoms with Crippen LogP contribution in [0.5, 0.6) is 0 Å². The third kappa shape index (κ3) is 12.7. The third-order valence-electron chi connectivity index (χ3n) is 11.5. The molecule has 2 aromatic carbocycles. The van der Waals surface area contributed by atoms with Crippen LogP contribution < -0.4 is 11.1 Å². The van der Waals surface area contributed by atoms with E-state index in [0.717, 1.165) is 36.8 Å². The van der Waals surface area contributed by atoms with Crippen LogP contribution >= 0.6 is 0 Å². The van der Waals surface area contributed by atoms with Crippen LogP contribution in [0.25, 0.3) is 0 Å². The molecule has 0 bridgehead atoms. The van der Waals surface area contributed by atoms with Crippen LogP contribution in [-0.2, 0) is 46.4 Å². The van der Waals surface area contributed by atoms with Crippen molar-refractivity contribution in [3.05, 3.63) is 71.8 Å². The molecule has 4 saturated heterocycles. The van der Waals surface area contributed by atoms with Crippen molar-refractivity contribution in [3.8, 4) is 0 Å². The minimum Gasteiger partial charge on any atom is -0.445 e. The van der Waals surface area contributed by atoms with Gasteiger partial charge in [0.2, 0.25) is 0 Å². The molecule has 2 spiro atoms. The molecule has 15 nitrogen and oxygen atoms in total. The first-order valence-corrected chi connectivity index (χ1v) is 20.5. The zero-order valence-electron chi connectivity index (χ0n) is 32.8. The Bertz CT molecular complexity index is 1540. The molecule has 314 valence electrons. The van der Waals surface area contributed by atoms with E-state index in [-0.39, 0.29) is 54.9 Å². The number of rotatable bonds is 6. The molecule has 15 heteroatoms. The number of Topliss-reactive ketones (excluding diaryl/α,β-unsaturated/α-hetero) is 1. The van der Waals surface area contributed by atoms with Crippen LogP contribution in [0.4, 0.5) is 9.59 Å². The van der Waals surface area contributed by atoms with Crippen LogP contribution in [0, 0.1) is 0 Å². The molecule has 0 radical (unpaired) electrons. The number of nitrogens with one attached hydrogen (secondary N) is 1. The maximum Gasteiger partial charge on any atom is 0.410 e. The van der Waals surface area contributed by atoms with E-state index in [1.807, 2.05) is 60.7 Å². The minimum atomic E-state index is -0.515. The summed E-state index contributed by atoms with van der Waals surface area (Å²) in [6.45, 7) is 5.43. The second-order valence-electron chi connectivity index (χ2n) is 15.6. The van der Waals surface area contributed by atoms with Crippen molar-refractivity contribution in [2.24, 2.45) is 5.73 Å². The van der Waals surface area contributed by atoms with Crippen molar-refractivity contribution in [1.29, 1.82) is 0 Å². The van der Waals surface area contributed by atoms with Crippen LogP contribution in [0.1, 0.15) is 75.3 Å². The van der Waals surface area contributed by atoms with Crippen LogP contribution in [0.2, 0.25) is 0 Å². The van der Waals surface area contributed by atoms with Gasteiger partial charge in [0.1, 0.15) is 19.0 Å². The Labute approximate surface area is 335 Å². The molecular formula is C42H60N4O11. The van der Waals surface area contributed by atoms with Crippen molar-refractivity contribution < 1.29 is 53.0 Å². The number of hydrogen-bond acceptors (Lipinski definition) is 13. The van der Waals surface area contributed by atoms with Gasteiger partial charge in [0.15, 0.2) is 11.6 Å². The van der Waals surface area contributed by atoms with Crippen molar-refractivity contribution in [2.75, 3.05) is 52.6 Å². The number of aliphatic hydroxyl groups excluding tert-OH is 2. The van der Waals surface area contributed by atoms with E-state index in [0.29, 0.717) is 97.7 Å². The summed E-state index contributed by atoms with van der Waals surface area (Å²) < 4.78 is 33.2. The first kappa shape index (κ1) is 42.9. The fraction of sp³-hybridized carbons (Fsp3) is 0.643. The normalized spacial score (nSPS) is 26.9. The number of likely N-dealkylation sites (tertiary alicyclic amines) is 2. The Morgan fingerprint density at radius 1 is 0.684 bits per heavy atom. The number of nitrogens with zero attached hydrogens (tertiary/aromatic N) is 2. The number of piperidine rings is 2. The molecule has 0 unspecified atom stereocenters. The fourth-order valence-electron chi connectivity index (χ4n) is 8.10. The molecular weight excluding hydrogens is 736 g/mol. The average molecular weight is 797 g/mol. The number of amides is 2. The second-order valence-corrected chi connectivity index (χ2v) is 15.6. The molecule has 6 aliphatic rings. The predicted octanol–water partition coefficient (Wildman–Crippen LogP) is 3.62. The molecule has 2 aliphatic carbocycles. The van der Waals surface area contributed by atoms with Gasteiger partial charge >= 0.3 is 12.2 Å². The van der Waals surface area contributed by atoms with Crippen LogP contribution in [0.3, 0.4) is 0 Å². The van der Waals surface area contributed by atoms with E-state index >= 15 is 0 Å². The molecule has 2 saturated carbocycles. The highest BCUT2D eigenvalue weighted by Gasteiger charge is 2.46. The van der Waals surface area contributed by atoms with Gasteiger partial charge in [-0.1, -0.05) is 60.7 Å². The smallest absolute Gasteiger partial charge is 0.410 e. The van der Waals surface area contributed by atoms with E-state index in [9.17, 15) is 24.6 Å². The average Bonchev–Trinajstić information content (AvgIpc) is 3.90. The lowest BCUT2D eigenvalue weighted by molar-refractivity contribution is -0.195. The number of ether oxygens (including phenoxy) is 6. The summed E-state index contributed by atoms with van der Waals surface area (Å²) >= 11 is 0. The lowest BCUT2D eigenvalue weighted by Gasteiger charge is -2.42. The second kappa shape index (κ2) is 20.8. The van der Waals surface area contributed by atoms with Crippen LogP contribution in [0.15, 0.2) is 60.7 Å². The summed E-state index contributed by atoms with van der Waals surface area (Å²) in [6, 6.07) is 19.3. The summed E-state index contributed by atoms with van der Waals surface area (Å²) in [5.74, 6) is -0.755. The molecule has 0 aromatic heterocycles. The number of nitrogens with two attached hydrogens (primary N) is 1. The molecule has 2 aromatic rings.